The maximum Gasteiger partial charge on any atom is 0.248 e. The van der Waals surface area contributed by atoms with E-state index in [0.29, 0.717) is 5.22 Å². The zero-order chi connectivity index (χ0) is 13.0. The Morgan fingerprint density at radius 1 is 1.47 bits per heavy atom. The van der Waals surface area contributed by atoms with Crippen LogP contribution in [0.3, 0.4) is 0 Å². The Balaban J connectivity index is 3.67. The molecule has 0 aromatic carbocycles. The summed E-state index contributed by atoms with van der Waals surface area (Å²) >= 11 is 0. The number of hydrogen-bond donors (Lipinski definition) is 0. The van der Waals surface area contributed by atoms with Gasteiger partial charge in [0, 0.05) is 5.92 Å². The fourth-order valence-corrected chi connectivity index (χ4v) is 1.88. The quantitative estimate of drug-likeness (QED) is 0.695. The molecule has 1 heterocycles. The molecule has 3 nitrogen and oxygen atoms in total. The maximum atomic E-state index is 12.2. The van der Waals surface area contributed by atoms with Gasteiger partial charge in [0.2, 0.25) is 13.5 Å². The number of aromatic nitrogens is 2. The van der Waals surface area contributed by atoms with Gasteiger partial charge < -0.3 is 4.48 Å². The molecule has 1 aromatic heterocycles. The molecule has 0 unspecified atom stereocenters. The summed E-state index contributed by atoms with van der Waals surface area (Å²) in [4.78, 5) is 16.8. The van der Waals surface area contributed by atoms with Crippen LogP contribution in [0.2, 0.25) is 0 Å². The van der Waals surface area contributed by atoms with Crippen molar-refractivity contribution in [1.29, 1.82) is 0 Å². The third kappa shape index (κ3) is 2.87. The Kier molecular flexibility index (Phi) is 4.73. The predicted molar refractivity (Wildman–Crippen MR) is 75.3 cm³/mol. The van der Waals surface area contributed by atoms with E-state index in [2.05, 4.69) is 31.8 Å². The van der Waals surface area contributed by atoms with Gasteiger partial charge >= 0.3 is 0 Å². The number of rotatable bonds is 3. The van der Waals surface area contributed by atoms with Crippen LogP contribution in [-0.2, 0) is 0 Å². The first-order valence-electron chi connectivity index (χ1n) is 6.26. The minimum Gasteiger partial charge on any atom is -0.349 e. The van der Waals surface area contributed by atoms with Crippen LogP contribution in [-0.4, -0.2) is 17.4 Å². The van der Waals surface area contributed by atoms with Crippen LogP contribution < -0.4 is 16.1 Å². The zero-order valence-corrected chi connectivity index (χ0v) is 11.4. The van der Waals surface area contributed by atoms with Crippen LogP contribution in [0.25, 0.3) is 12.2 Å². The van der Waals surface area contributed by atoms with Gasteiger partial charge in [-0.3, -0.25) is 4.79 Å². The van der Waals surface area contributed by atoms with Gasteiger partial charge in [0.1, 0.15) is 5.82 Å². The molecule has 4 heteroatoms. The highest BCUT2D eigenvalue weighted by molar-refractivity contribution is 6.06. The lowest BCUT2D eigenvalue weighted by atomic mass is 10.1. The molecule has 0 saturated heterocycles. The van der Waals surface area contributed by atoms with Crippen molar-refractivity contribution in [2.45, 2.75) is 46.5 Å². The van der Waals surface area contributed by atoms with Gasteiger partial charge in [0.25, 0.3) is 0 Å². The third-order valence-electron chi connectivity index (χ3n) is 2.82. The summed E-state index contributed by atoms with van der Waals surface area (Å²) in [5, 5.41) is 1.55. The van der Waals surface area contributed by atoms with E-state index in [9.17, 15) is 4.79 Å². The van der Waals surface area contributed by atoms with E-state index in [1.165, 1.54) is 0 Å². The minimum atomic E-state index is 0.0496. The average Bonchev–Trinajstić information content (AvgIpc) is 2.30. The molecular weight excluding hydrogens is 211 g/mol. The molecule has 92 valence electrons. The highest BCUT2D eigenvalue weighted by Gasteiger charge is 2.07. The lowest BCUT2D eigenvalue weighted by molar-refractivity contribution is 0.730. The number of hydrogen-bond acceptors (Lipinski definition) is 2. The Morgan fingerprint density at radius 3 is 2.59 bits per heavy atom. The Bertz CT molecular complexity index is 558. The van der Waals surface area contributed by atoms with Gasteiger partial charge in [0.05, 0.1) is 10.6 Å². The maximum absolute atomic E-state index is 12.2. The molecule has 0 amide bonds. The van der Waals surface area contributed by atoms with Crippen LogP contribution in [0.4, 0.5) is 0 Å². The number of nitrogens with zero attached hydrogens (tertiary/aromatic N) is 2. The van der Waals surface area contributed by atoms with E-state index in [1.54, 1.807) is 12.5 Å². The second-order valence-electron chi connectivity index (χ2n) is 4.57. The summed E-state index contributed by atoms with van der Waals surface area (Å²) in [6.45, 7) is 8.12. The average molecular weight is 232 g/mol. The molecule has 0 aliphatic heterocycles. The molecule has 0 bridgehead atoms. The first-order chi connectivity index (χ1) is 8.02. The zero-order valence-electron chi connectivity index (χ0n) is 11.4. The number of unbranched alkanes of at least 4 members (excludes halogenated alkanes) is 1. The molecule has 1 aromatic rings. The van der Waals surface area contributed by atoms with E-state index in [1.807, 2.05) is 13.0 Å². The van der Waals surface area contributed by atoms with Crippen molar-refractivity contribution in [3.8, 4) is 0 Å². The summed E-state index contributed by atoms with van der Waals surface area (Å²) in [5.74, 6) is 1.11. The van der Waals surface area contributed by atoms with Gasteiger partial charge in [-0.25, -0.2) is 4.98 Å². The Morgan fingerprint density at radius 2 is 2.12 bits per heavy atom. The van der Waals surface area contributed by atoms with E-state index >= 15 is 0 Å². The van der Waals surface area contributed by atoms with Crippen LogP contribution >= 0.6 is 0 Å². The Hall–Kier alpha value is -1.32. The highest BCUT2D eigenvalue weighted by atomic mass is 16.1. The molecule has 0 spiro atoms. The molecule has 17 heavy (non-hydrogen) atoms. The van der Waals surface area contributed by atoms with E-state index in [4.69, 9.17) is 0 Å². The SMILES string of the molecule is Bn1c(C(C)C)nc(=C/CCC)/c(=C/C)c1=O. The van der Waals surface area contributed by atoms with Gasteiger partial charge in [0.15, 0.2) is 0 Å². The van der Waals surface area contributed by atoms with Gasteiger partial charge in [-0.15, -0.1) is 0 Å². The second-order valence-corrected chi connectivity index (χ2v) is 4.57. The van der Waals surface area contributed by atoms with Crippen molar-refractivity contribution in [3.63, 3.8) is 0 Å². The second kappa shape index (κ2) is 5.85. The van der Waals surface area contributed by atoms with Gasteiger partial charge in [-0.2, -0.15) is 0 Å². The van der Waals surface area contributed by atoms with Crippen molar-refractivity contribution >= 4 is 20.1 Å². The molecule has 0 fully saturated rings. The Labute approximate surface area is 103 Å². The van der Waals surface area contributed by atoms with E-state index in [0.717, 1.165) is 24.0 Å². The smallest absolute Gasteiger partial charge is 0.248 e. The lowest BCUT2D eigenvalue weighted by Gasteiger charge is -2.10. The van der Waals surface area contributed by atoms with E-state index in [-0.39, 0.29) is 11.5 Å². The molecule has 0 N–H and O–H groups in total. The van der Waals surface area contributed by atoms with Crippen molar-refractivity contribution in [1.82, 2.24) is 9.46 Å². The summed E-state index contributed by atoms with van der Waals surface area (Å²) in [7, 11) is 1.79. The van der Waals surface area contributed by atoms with Crippen LogP contribution in [0.5, 0.6) is 0 Å². The molecule has 0 saturated carbocycles. The molecule has 0 aliphatic carbocycles. The largest absolute Gasteiger partial charge is 0.349 e. The first-order valence-corrected chi connectivity index (χ1v) is 6.26. The van der Waals surface area contributed by atoms with Crippen molar-refractivity contribution < 1.29 is 0 Å². The van der Waals surface area contributed by atoms with Crippen LogP contribution in [0, 0.1) is 0 Å². The van der Waals surface area contributed by atoms with E-state index < -0.39 is 0 Å². The molecule has 0 aliphatic rings. The van der Waals surface area contributed by atoms with Crippen LogP contribution in [0.15, 0.2) is 4.79 Å². The fourth-order valence-electron chi connectivity index (χ4n) is 1.88. The summed E-state index contributed by atoms with van der Waals surface area (Å²) < 4.78 is 1.66. The summed E-state index contributed by atoms with van der Waals surface area (Å²) in [5.41, 5.74) is 0.0496. The van der Waals surface area contributed by atoms with Crippen molar-refractivity contribution in [2.24, 2.45) is 0 Å². The monoisotopic (exact) mass is 232 g/mol. The van der Waals surface area contributed by atoms with Crippen molar-refractivity contribution in [3.05, 3.63) is 26.7 Å². The van der Waals surface area contributed by atoms with Gasteiger partial charge in [-0.1, -0.05) is 39.3 Å². The fraction of sp³-hybridized carbons (Fsp3) is 0.538. The third-order valence-corrected chi connectivity index (χ3v) is 2.82. The van der Waals surface area contributed by atoms with Crippen molar-refractivity contribution in [2.75, 3.05) is 0 Å². The van der Waals surface area contributed by atoms with Gasteiger partial charge in [-0.05, 0) is 13.3 Å². The normalized spacial score (nSPS) is 13.7. The van der Waals surface area contributed by atoms with Crippen LogP contribution in [0.1, 0.15) is 52.3 Å². The lowest BCUT2D eigenvalue weighted by Crippen LogP contribution is -2.48. The molecule has 0 atom stereocenters. The molecule has 1 rings (SSSR count). The topological polar surface area (TPSA) is 34.9 Å². The standard InChI is InChI=1S/C13H21BN2O/c1-5-7-8-11-10(6-2)13(17)16(14)12(15-11)9(3)4/h6,8-9H,5,7,14H2,1-4H3/b10-6-,11-8+. The first kappa shape index (κ1) is 13.7. The molecular formula is C13H21BN2O. The minimum absolute atomic E-state index is 0.0496. The predicted octanol–water partition coefficient (Wildman–Crippen LogP) is 0.144. The summed E-state index contributed by atoms with van der Waals surface area (Å²) in [6.07, 6.45) is 5.93. The highest BCUT2D eigenvalue weighted by Crippen LogP contribution is 2.04. The molecule has 0 radical (unpaired) electrons. The summed E-state index contributed by atoms with van der Waals surface area (Å²) in [6, 6.07) is 0.